The van der Waals surface area contributed by atoms with E-state index in [-0.39, 0.29) is 13.0 Å². The SMILES string of the molecule is COCC(C)S(=O)(=O)C(C)CC(=O)O. The van der Waals surface area contributed by atoms with E-state index in [0.717, 1.165) is 0 Å². The lowest BCUT2D eigenvalue weighted by Gasteiger charge is -2.16. The molecule has 2 atom stereocenters. The fraction of sp³-hybridized carbons (Fsp3) is 0.875. The van der Waals surface area contributed by atoms with E-state index in [1.165, 1.54) is 21.0 Å². The van der Waals surface area contributed by atoms with Crippen molar-refractivity contribution in [3.05, 3.63) is 0 Å². The molecule has 0 bridgehead atoms. The second-order valence-electron chi connectivity index (χ2n) is 3.26. The third kappa shape index (κ3) is 3.63. The van der Waals surface area contributed by atoms with Gasteiger partial charge in [-0.25, -0.2) is 8.42 Å². The summed E-state index contributed by atoms with van der Waals surface area (Å²) < 4.78 is 27.9. The molecule has 0 heterocycles. The molecular weight excluding hydrogens is 208 g/mol. The first-order valence-electron chi connectivity index (χ1n) is 4.25. The van der Waals surface area contributed by atoms with Gasteiger partial charge in [-0.05, 0) is 13.8 Å². The summed E-state index contributed by atoms with van der Waals surface area (Å²) in [7, 11) is -1.99. The average Bonchev–Trinajstić information content (AvgIpc) is 2.03. The Labute approximate surface area is 84.0 Å². The van der Waals surface area contributed by atoms with E-state index in [1.807, 2.05) is 0 Å². The maximum absolute atomic E-state index is 11.6. The first-order chi connectivity index (χ1) is 6.32. The lowest BCUT2D eigenvalue weighted by molar-refractivity contribution is -0.136. The van der Waals surface area contributed by atoms with Crippen LogP contribution in [0.5, 0.6) is 0 Å². The molecule has 1 N–H and O–H groups in total. The molecule has 0 aliphatic heterocycles. The summed E-state index contributed by atoms with van der Waals surface area (Å²) >= 11 is 0. The summed E-state index contributed by atoms with van der Waals surface area (Å²) in [5.41, 5.74) is 0. The van der Waals surface area contributed by atoms with E-state index in [0.29, 0.717) is 0 Å². The van der Waals surface area contributed by atoms with Gasteiger partial charge in [0.15, 0.2) is 9.84 Å². The van der Waals surface area contributed by atoms with Crippen LogP contribution in [0.4, 0.5) is 0 Å². The summed E-state index contributed by atoms with van der Waals surface area (Å²) in [5.74, 6) is -1.11. The Bertz CT molecular complexity index is 282. The molecule has 2 unspecified atom stereocenters. The van der Waals surface area contributed by atoms with Crippen molar-refractivity contribution in [2.24, 2.45) is 0 Å². The van der Waals surface area contributed by atoms with Crippen molar-refractivity contribution in [2.45, 2.75) is 30.8 Å². The molecule has 0 aromatic heterocycles. The van der Waals surface area contributed by atoms with E-state index in [4.69, 9.17) is 9.84 Å². The van der Waals surface area contributed by atoms with Crippen molar-refractivity contribution in [1.29, 1.82) is 0 Å². The van der Waals surface area contributed by atoms with Gasteiger partial charge in [-0.3, -0.25) is 4.79 Å². The van der Waals surface area contributed by atoms with Gasteiger partial charge in [0, 0.05) is 7.11 Å². The van der Waals surface area contributed by atoms with Gasteiger partial charge in [0.25, 0.3) is 0 Å². The smallest absolute Gasteiger partial charge is 0.304 e. The molecule has 0 aliphatic rings. The highest BCUT2D eigenvalue weighted by Crippen LogP contribution is 2.12. The minimum absolute atomic E-state index is 0.0896. The number of hydrogen-bond acceptors (Lipinski definition) is 4. The van der Waals surface area contributed by atoms with Crippen LogP contribution < -0.4 is 0 Å². The van der Waals surface area contributed by atoms with E-state index in [1.54, 1.807) is 0 Å². The number of ether oxygens (including phenoxy) is 1. The molecule has 0 saturated carbocycles. The fourth-order valence-electron chi connectivity index (χ4n) is 1.09. The van der Waals surface area contributed by atoms with Gasteiger partial charge in [-0.15, -0.1) is 0 Å². The van der Waals surface area contributed by atoms with Crippen LogP contribution in [-0.2, 0) is 19.4 Å². The van der Waals surface area contributed by atoms with Crippen LogP contribution in [0.2, 0.25) is 0 Å². The number of sulfone groups is 1. The molecule has 0 spiro atoms. The van der Waals surface area contributed by atoms with Crippen LogP contribution in [0.3, 0.4) is 0 Å². The molecule has 6 heteroatoms. The fourth-order valence-corrected chi connectivity index (χ4v) is 2.58. The molecule has 0 aliphatic carbocycles. The summed E-state index contributed by atoms with van der Waals surface area (Å²) in [6, 6.07) is 0. The van der Waals surface area contributed by atoms with Crippen molar-refractivity contribution in [2.75, 3.05) is 13.7 Å². The molecule has 5 nitrogen and oxygen atoms in total. The van der Waals surface area contributed by atoms with Crippen LogP contribution >= 0.6 is 0 Å². The molecule has 0 rings (SSSR count). The zero-order chi connectivity index (χ0) is 11.4. The maximum atomic E-state index is 11.6. The highest BCUT2D eigenvalue weighted by molar-refractivity contribution is 7.92. The van der Waals surface area contributed by atoms with Crippen LogP contribution in [0.1, 0.15) is 20.3 Å². The van der Waals surface area contributed by atoms with Crippen LogP contribution in [0.15, 0.2) is 0 Å². The summed E-state index contributed by atoms with van der Waals surface area (Å²) in [6.07, 6.45) is -0.365. The number of methoxy groups -OCH3 is 1. The lowest BCUT2D eigenvalue weighted by atomic mass is 10.3. The number of aliphatic carboxylic acids is 1. The standard InChI is InChI=1S/C8H16O5S/c1-6(4-8(9)10)14(11,12)7(2)5-13-3/h6-7H,4-5H2,1-3H3,(H,9,10). The van der Waals surface area contributed by atoms with Gasteiger partial charge in [-0.2, -0.15) is 0 Å². The molecule has 0 radical (unpaired) electrons. The highest BCUT2D eigenvalue weighted by atomic mass is 32.2. The summed E-state index contributed by atoms with van der Waals surface area (Å²) in [5, 5.41) is 6.93. The van der Waals surface area contributed by atoms with Crippen molar-refractivity contribution in [1.82, 2.24) is 0 Å². The molecule has 84 valence electrons. The van der Waals surface area contributed by atoms with Crippen molar-refractivity contribution in [3.8, 4) is 0 Å². The zero-order valence-electron chi connectivity index (χ0n) is 8.56. The number of carbonyl (C=O) groups is 1. The predicted octanol–water partition coefficient (Wildman–Crippen LogP) is 0.299. The van der Waals surface area contributed by atoms with E-state index >= 15 is 0 Å². The molecular formula is C8H16O5S. The normalized spacial score (nSPS) is 16.2. The second-order valence-corrected chi connectivity index (χ2v) is 6.05. The topological polar surface area (TPSA) is 80.7 Å². The number of rotatable bonds is 6. The van der Waals surface area contributed by atoms with Gasteiger partial charge in [-0.1, -0.05) is 0 Å². The van der Waals surface area contributed by atoms with E-state index in [2.05, 4.69) is 0 Å². The molecule has 14 heavy (non-hydrogen) atoms. The minimum atomic E-state index is -3.40. The van der Waals surface area contributed by atoms with Crippen molar-refractivity contribution < 1.29 is 23.1 Å². The quantitative estimate of drug-likeness (QED) is 0.701. The third-order valence-corrected chi connectivity index (χ3v) is 4.53. The van der Waals surface area contributed by atoms with E-state index < -0.39 is 26.3 Å². The molecule has 0 saturated heterocycles. The summed E-state index contributed by atoms with van der Waals surface area (Å²) in [4.78, 5) is 10.3. The van der Waals surface area contributed by atoms with Crippen molar-refractivity contribution >= 4 is 15.8 Å². The lowest BCUT2D eigenvalue weighted by Crippen LogP contribution is -2.32. The van der Waals surface area contributed by atoms with Crippen LogP contribution in [0.25, 0.3) is 0 Å². The molecule has 0 fully saturated rings. The predicted molar refractivity (Wildman–Crippen MR) is 52.0 cm³/mol. The Morgan fingerprint density at radius 3 is 2.21 bits per heavy atom. The zero-order valence-corrected chi connectivity index (χ0v) is 9.37. The molecule has 0 aromatic rings. The van der Waals surface area contributed by atoms with Gasteiger partial charge < -0.3 is 9.84 Å². The number of carboxylic acid groups (broad SMARTS) is 1. The minimum Gasteiger partial charge on any atom is -0.481 e. The highest BCUT2D eigenvalue weighted by Gasteiger charge is 2.29. The van der Waals surface area contributed by atoms with Gasteiger partial charge in [0.1, 0.15) is 0 Å². The first kappa shape index (κ1) is 13.4. The Kier molecular flexibility index (Phi) is 5.07. The monoisotopic (exact) mass is 224 g/mol. The summed E-state index contributed by atoms with van der Waals surface area (Å²) in [6.45, 7) is 3.00. The molecule has 0 aromatic carbocycles. The van der Waals surface area contributed by atoms with Crippen LogP contribution in [-0.4, -0.2) is 43.7 Å². The Morgan fingerprint density at radius 1 is 1.36 bits per heavy atom. The third-order valence-electron chi connectivity index (χ3n) is 1.99. The van der Waals surface area contributed by atoms with Crippen molar-refractivity contribution in [3.63, 3.8) is 0 Å². The average molecular weight is 224 g/mol. The van der Waals surface area contributed by atoms with E-state index in [9.17, 15) is 13.2 Å². The van der Waals surface area contributed by atoms with Gasteiger partial charge >= 0.3 is 5.97 Å². The van der Waals surface area contributed by atoms with Gasteiger partial charge in [0.2, 0.25) is 0 Å². The molecule has 0 amide bonds. The Morgan fingerprint density at radius 2 is 1.86 bits per heavy atom. The van der Waals surface area contributed by atoms with Crippen LogP contribution in [0, 0.1) is 0 Å². The second kappa shape index (κ2) is 5.31. The Hall–Kier alpha value is -0.620. The maximum Gasteiger partial charge on any atom is 0.304 e. The Balaban J connectivity index is 4.52. The largest absolute Gasteiger partial charge is 0.481 e. The first-order valence-corrected chi connectivity index (χ1v) is 5.86. The van der Waals surface area contributed by atoms with Gasteiger partial charge in [0.05, 0.1) is 23.5 Å². The number of carboxylic acids is 1. The number of hydrogen-bond donors (Lipinski definition) is 1.